The van der Waals surface area contributed by atoms with Crippen LogP contribution in [0.25, 0.3) is 11.4 Å². The van der Waals surface area contributed by atoms with Gasteiger partial charge in [0.25, 0.3) is 5.91 Å². The van der Waals surface area contributed by atoms with E-state index in [1.54, 1.807) is 21.7 Å². The third kappa shape index (κ3) is 6.74. The standard InChI is InChI=1S/C30H33F3N6O/c1-30(2,3)26(38(16-13-23(34)18-31)29(40)21-11-14-35-15-12-21)28-36-27(24-17-22(32)9-10-25(24)33)37-39(28)19-20-7-5-4-6-8-20/h4-12,14-15,17,23,26H,13,16,18-19,34H2,1-3H3/t23-,26-/m0/s1. The fourth-order valence-electron chi connectivity index (χ4n) is 4.60. The third-order valence-electron chi connectivity index (χ3n) is 6.55. The van der Waals surface area contributed by atoms with Crippen LogP contribution < -0.4 is 5.73 Å². The molecule has 0 aliphatic heterocycles. The highest BCUT2D eigenvalue weighted by Crippen LogP contribution is 2.39. The fourth-order valence-corrected chi connectivity index (χ4v) is 4.60. The van der Waals surface area contributed by atoms with Gasteiger partial charge in [0.2, 0.25) is 0 Å². The number of alkyl halides is 1. The molecule has 1 amide bonds. The van der Waals surface area contributed by atoms with Crippen molar-refractivity contribution in [2.75, 3.05) is 13.2 Å². The Labute approximate surface area is 231 Å². The van der Waals surface area contributed by atoms with Gasteiger partial charge in [0.1, 0.15) is 18.3 Å². The van der Waals surface area contributed by atoms with Crippen molar-refractivity contribution in [2.24, 2.45) is 11.1 Å². The number of benzene rings is 2. The topological polar surface area (TPSA) is 89.9 Å². The second kappa shape index (κ2) is 12.4. The highest BCUT2D eigenvalue weighted by molar-refractivity contribution is 5.94. The van der Waals surface area contributed by atoms with E-state index in [2.05, 4.69) is 10.1 Å². The maximum absolute atomic E-state index is 14.8. The molecule has 2 aromatic heterocycles. The highest BCUT2D eigenvalue weighted by Gasteiger charge is 2.39. The molecule has 10 heteroatoms. The lowest BCUT2D eigenvalue weighted by Crippen LogP contribution is -2.44. The summed E-state index contributed by atoms with van der Waals surface area (Å²) in [4.78, 5) is 24.3. The maximum atomic E-state index is 14.8. The number of hydrogen-bond donors (Lipinski definition) is 1. The Bertz CT molecular complexity index is 1420. The first kappa shape index (κ1) is 28.9. The van der Waals surface area contributed by atoms with Crippen LogP contribution in [-0.2, 0) is 6.54 Å². The summed E-state index contributed by atoms with van der Waals surface area (Å²) in [7, 11) is 0. The summed E-state index contributed by atoms with van der Waals surface area (Å²) >= 11 is 0. The first-order valence-corrected chi connectivity index (χ1v) is 13.0. The quantitative estimate of drug-likeness (QED) is 0.278. The third-order valence-corrected chi connectivity index (χ3v) is 6.55. The molecular weight excluding hydrogens is 517 g/mol. The zero-order valence-electron chi connectivity index (χ0n) is 22.8. The van der Waals surface area contributed by atoms with Gasteiger partial charge in [0, 0.05) is 30.5 Å². The number of nitrogens with two attached hydrogens (primary N) is 1. The first-order valence-electron chi connectivity index (χ1n) is 13.0. The van der Waals surface area contributed by atoms with Crippen LogP contribution in [0.1, 0.15) is 55.0 Å². The minimum absolute atomic E-state index is 0.00560. The van der Waals surface area contributed by atoms with Crippen LogP contribution in [-0.4, -0.2) is 49.8 Å². The van der Waals surface area contributed by atoms with Gasteiger partial charge >= 0.3 is 0 Å². The van der Waals surface area contributed by atoms with Gasteiger partial charge < -0.3 is 10.6 Å². The van der Waals surface area contributed by atoms with Gasteiger partial charge in [0.15, 0.2) is 11.6 Å². The Morgan fingerprint density at radius 1 is 1.05 bits per heavy atom. The summed E-state index contributed by atoms with van der Waals surface area (Å²) in [5.41, 5.74) is 6.51. The van der Waals surface area contributed by atoms with Crippen molar-refractivity contribution in [1.82, 2.24) is 24.6 Å². The van der Waals surface area contributed by atoms with Crippen LogP contribution >= 0.6 is 0 Å². The van der Waals surface area contributed by atoms with Crippen LogP contribution in [0.15, 0.2) is 73.1 Å². The number of nitrogens with zero attached hydrogens (tertiary/aromatic N) is 5. The van der Waals surface area contributed by atoms with Crippen molar-refractivity contribution in [1.29, 1.82) is 0 Å². The smallest absolute Gasteiger partial charge is 0.254 e. The second-order valence-electron chi connectivity index (χ2n) is 10.8. The van der Waals surface area contributed by atoms with Gasteiger partial charge in [-0.25, -0.2) is 22.8 Å². The first-order chi connectivity index (χ1) is 19.1. The zero-order chi connectivity index (χ0) is 28.9. The van der Waals surface area contributed by atoms with Gasteiger partial charge in [-0.3, -0.25) is 9.78 Å². The van der Waals surface area contributed by atoms with Crippen molar-refractivity contribution in [3.8, 4) is 11.4 Å². The molecule has 0 saturated heterocycles. The Kier molecular flexibility index (Phi) is 8.99. The molecular formula is C30H33F3N6O. The van der Waals surface area contributed by atoms with E-state index < -0.39 is 35.8 Å². The molecule has 0 saturated carbocycles. The van der Waals surface area contributed by atoms with Gasteiger partial charge in [0.05, 0.1) is 18.2 Å². The van der Waals surface area contributed by atoms with Crippen LogP contribution in [0.5, 0.6) is 0 Å². The van der Waals surface area contributed by atoms with E-state index in [4.69, 9.17) is 10.7 Å². The van der Waals surface area contributed by atoms with E-state index in [0.29, 0.717) is 11.4 Å². The predicted molar refractivity (Wildman–Crippen MR) is 147 cm³/mol. The van der Waals surface area contributed by atoms with E-state index >= 15 is 0 Å². The molecule has 210 valence electrons. The highest BCUT2D eigenvalue weighted by atomic mass is 19.1. The largest absolute Gasteiger partial charge is 0.328 e. The number of carbonyl (C=O) groups excluding carboxylic acids is 1. The Hall–Kier alpha value is -4.05. The maximum Gasteiger partial charge on any atom is 0.254 e. The van der Waals surface area contributed by atoms with Crippen molar-refractivity contribution in [3.05, 3.63) is 102 Å². The number of hydrogen-bond acceptors (Lipinski definition) is 5. The fraction of sp³-hybridized carbons (Fsp3) is 0.333. The van der Waals surface area contributed by atoms with E-state index in [1.807, 2.05) is 51.1 Å². The zero-order valence-corrected chi connectivity index (χ0v) is 22.8. The molecule has 0 radical (unpaired) electrons. The van der Waals surface area contributed by atoms with E-state index in [0.717, 1.165) is 23.8 Å². The number of aromatic nitrogens is 4. The molecule has 0 spiro atoms. The van der Waals surface area contributed by atoms with Gasteiger partial charge in [-0.15, -0.1) is 0 Å². The number of carbonyl (C=O) groups is 1. The molecule has 2 N–H and O–H groups in total. The van der Waals surface area contributed by atoms with Crippen LogP contribution in [0.2, 0.25) is 0 Å². The lowest BCUT2D eigenvalue weighted by Gasteiger charge is -2.40. The summed E-state index contributed by atoms with van der Waals surface area (Å²) in [5.74, 6) is -1.24. The average Bonchev–Trinajstić information content (AvgIpc) is 3.34. The van der Waals surface area contributed by atoms with Gasteiger partial charge in [-0.05, 0) is 47.7 Å². The van der Waals surface area contributed by atoms with Crippen molar-refractivity contribution in [3.63, 3.8) is 0 Å². The predicted octanol–water partition coefficient (Wildman–Crippen LogP) is 5.58. The summed E-state index contributed by atoms with van der Waals surface area (Å²) in [6.45, 7) is 5.52. The summed E-state index contributed by atoms with van der Waals surface area (Å²) in [6, 6.07) is 14.4. The number of pyridine rings is 1. The molecule has 0 fully saturated rings. The summed E-state index contributed by atoms with van der Waals surface area (Å²) < 4.78 is 44.0. The monoisotopic (exact) mass is 550 g/mol. The van der Waals surface area contributed by atoms with Crippen molar-refractivity contribution in [2.45, 2.75) is 45.8 Å². The minimum Gasteiger partial charge on any atom is -0.328 e. The molecule has 2 atom stereocenters. The van der Waals surface area contributed by atoms with E-state index in [-0.39, 0.29) is 36.8 Å². The molecule has 0 bridgehead atoms. The average molecular weight is 551 g/mol. The van der Waals surface area contributed by atoms with Gasteiger partial charge in [-0.1, -0.05) is 51.1 Å². The van der Waals surface area contributed by atoms with Crippen molar-refractivity contribution < 1.29 is 18.0 Å². The second-order valence-corrected chi connectivity index (χ2v) is 10.8. The SMILES string of the molecule is CC(C)(C)[C@H](c1nc(-c2cc(F)ccc2F)nn1Cc1ccccc1)N(CC[C@H](N)CF)C(=O)c1ccncc1. The van der Waals surface area contributed by atoms with Crippen molar-refractivity contribution >= 4 is 5.91 Å². The molecule has 40 heavy (non-hydrogen) atoms. The number of halogens is 3. The normalized spacial score (nSPS) is 13.2. The Morgan fingerprint density at radius 3 is 2.40 bits per heavy atom. The Morgan fingerprint density at radius 2 is 1.75 bits per heavy atom. The Balaban J connectivity index is 1.90. The van der Waals surface area contributed by atoms with Crippen LogP contribution in [0, 0.1) is 17.0 Å². The number of rotatable bonds is 10. The van der Waals surface area contributed by atoms with Crippen LogP contribution in [0.4, 0.5) is 13.2 Å². The van der Waals surface area contributed by atoms with E-state index in [1.165, 1.54) is 12.4 Å². The van der Waals surface area contributed by atoms with Crippen LogP contribution in [0.3, 0.4) is 0 Å². The number of amides is 1. The summed E-state index contributed by atoms with van der Waals surface area (Å²) in [6.07, 6.45) is 3.25. The molecule has 0 unspecified atom stereocenters. The molecule has 7 nitrogen and oxygen atoms in total. The minimum atomic E-state index is -0.757. The lowest BCUT2D eigenvalue weighted by molar-refractivity contribution is 0.0469. The molecule has 2 heterocycles. The molecule has 0 aliphatic rings. The molecule has 4 rings (SSSR count). The lowest BCUT2D eigenvalue weighted by atomic mass is 9.84. The van der Waals surface area contributed by atoms with Gasteiger partial charge in [-0.2, -0.15) is 5.10 Å². The molecule has 2 aromatic carbocycles. The molecule has 4 aromatic rings. The van der Waals surface area contributed by atoms with E-state index in [9.17, 15) is 18.0 Å². The summed E-state index contributed by atoms with van der Waals surface area (Å²) in [5, 5.41) is 4.60. The molecule has 0 aliphatic carbocycles.